The van der Waals surface area contributed by atoms with Crippen molar-refractivity contribution in [3.63, 3.8) is 0 Å². The van der Waals surface area contributed by atoms with Gasteiger partial charge in [-0.1, -0.05) is 25.4 Å². The van der Waals surface area contributed by atoms with Gasteiger partial charge in [-0.15, -0.1) is 0 Å². The summed E-state index contributed by atoms with van der Waals surface area (Å²) in [6, 6.07) is 4.27. The molecule has 1 aromatic rings. The lowest BCUT2D eigenvalue weighted by molar-refractivity contribution is -0.384. The maximum absolute atomic E-state index is 12.2. The Balaban J connectivity index is 2.07. The van der Waals surface area contributed by atoms with Gasteiger partial charge in [0.2, 0.25) is 0 Å². The summed E-state index contributed by atoms with van der Waals surface area (Å²) >= 11 is 5.75. The molecule has 0 aliphatic heterocycles. The standard InChI is InChI=1S/C15H19ClN2O3/c1-9-3-5-12(7-10(9)2)17-15(19)11-4-6-13(16)14(8-11)18(20)21/h4,6,8-10,12H,3,5,7H2,1-2H3,(H,17,19). The smallest absolute Gasteiger partial charge is 0.288 e. The first-order chi connectivity index (χ1) is 9.88. The summed E-state index contributed by atoms with van der Waals surface area (Å²) in [4.78, 5) is 22.5. The monoisotopic (exact) mass is 310 g/mol. The van der Waals surface area contributed by atoms with Gasteiger partial charge in [-0.3, -0.25) is 14.9 Å². The molecule has 1 aliphatic rings. The predicted molar refractivity (Wildman–Crippen MR) is 81.5 cm³/mol. The summed E-state index contributed by atoms with van der Waals surface area (Å²) in [5.41, 5.74) is 0.0346. The highest BCUT2D eigenvalue weighted by Crippen LogP contribution is 2.30. The molecular weight excluding hydrogens is 292 g/mol. The van der Waals surface area contributed by atoms with E-state index in [9.17, 15) is 14.9 Å². The third kappa shape index (κ3) is 3.73. The quantitative estimate of drug-likeness (QED) is 0.681. The van der Waals surface area contributed by atoms with E-state index < -0.39 is 4.92 Å². The zero-order valence-electron chi connectivity index (χ0n) is 12.1. The zero-order chi connectivity index (χ0) is 15.6. The zero-order valence-corrected chi connectivity index (χ0v) is 12.9. The van der Waals surface area contributed by atoms with E-state index in [0.29, 0.717) is 11.8 Å². The van der Waals surface area contributed by atoms with Crippen molar-refractivity contribution in [2.45, 2.75) is 39.2 Å². The van der Waals surface area contributed by atoms with E-state index in [2.05, 4.69) is 19.2 Å². The van der Waals surface area contributed by atoms with E-state index >= 15 is 0 Å². The van der Waals surface area contributed by atoms with Gasteiger partial charge >= 0.3 is 0 Å². The predicted octanol–water partition coefficient (Wildman–Crippen LogP) is 3.80. The summed E-state index contributed by atoms with van der Waals surface area (Å²) < 4.78 is 0. The number of nitro benzene ring substituents is 1. The maximum atomic E-state index is 12.2. The molecule has 21 heavy (non-hydrogen) atoms. The van der Waals surface area contributed by atoms with Gasteiger partial charge in [0.05, 0.1) is 4.92 Å². The molecule has 6 heteroatoms. The third-order valence-electron chi connectivity index (χ3n) is 4.34. The molecule has 1 aromatic carbocycles. The summed E-state index contributed by atoms with van der Waals surface area (Å²) in [6.45, 7) is 4.42. The highest BCUT2D eigenvalue weighted by molar-refractivity contribution is 6.32. The molecule has 0 heterocycles. The molecule has 5 nitrogen and oxygen atoms in total. The molecule has 114 valence electrons. The van der Waals surface area contributed by atoms with Crippen LogP contribution in [0.3, 0.4) is 0 Å². The van der Waals surface area contributed by atoms with Crippen molar-refractivity contribution in [2.75, 3.05) is 0 Å². The van der Waals surface area contributed by atoms with Crippen LogP contribution in [0.1, 0.15) is 43.5 Å². The summed E-state index contributed by atoms with van der Waals surface area (Å²) in [7, 11) is 0. The Morgan fingerprint density at radius 2 is 2.05 bits per heavy atom. The van der Waals surface area contributed by atoms with Crippen molar-refractivity contribution in [1.29, 1.82) is 0 Å². The molecule has 0 aromatic heterocycles. The maximum Gasteiger partial charge on any atom is 0.288 e. The molecule has 2 rings (SSSR count). The van der Waals surface area contributed by atoms with Crippen molar-refractivity contribution in [3.05, 3.63) is 38.9 Å². The van der Waals surface area contributed by atoms with Crippen molar-refractivity contribution in [1.82, 2.24) is 5.32 Å². The van der Waals surface area contributed by atoms with E-state index in [1.165, 1.54) is 18.2 Å². The molecule has 0 spiro atoms. The number of nitrogens with zero attached hydrogens (tertiary/aromatic N) is 1. The van der Waals surface area contributed by atoms with Gasteiger partial charge in [-0.2, -0.15) is 0 Å². The van der Waals surface area contributed by atoms with Gasteiger partial charge in [-0.05, 0) is 43.2 Å². The first kappa shape index (κ1) is 15.8. The fourth-order valence-corrected chi connectivity index (χ4v) is 2.93. The number of carbonyl (C=O) groups is 1. The highest BCUT2D eigenvalue weighted by Gasteiger charge is 2.26. The third-order valence-corrected chi connectivity index (χ3v) is 4.66. The van der Waals surface area contributed by atoms with Gasteiger partial charge in [0.25, 0.3) is 11.6 Å². The lowest BCUT2D eigenvalue weighted by Crippen LogP contribution is -2.39. The van der Waals surface area contributed by atoms with Crippen LogP contribution in [-0.2, 0) is 0 Å². The van der Waals surface area contributed by atoms with E-state index in [1.807, 2.05) is 0 Å². The number of benzene rings is 1. The molecule has 1 N–H and O–H groups in total. The summed E-state index contributed by atoms with van der Waals surface area (Å²) in [5.74, 6) is 0.972. The Bertz CT molecular complexity index is 562. The normalized spacial score (nSPS) is 25.4. The average molecular weight is 311 g/mol. The van der Waals surface area contributed by atoms with Crippen molar-refractivity contribution in [3.8, 4) is 0 Å². The molecule has 1 amide bonds. The minimum Gasteiger partial charge on any atom is -0.349 e. The second kappa shape index (κ2) is 6.43. The van der Waals surface area contributed by atoms with Crippen molar-refractivity contribution < 1.29 is 9.72 Å². The first-order valence-electron chi connectivity index (χ1n) is 7.13. The average Bonchev–Trinajstić information content (AvgIpc) is 2.43. The molecule has 1 aliphatic carbocycles. The van der Waals surface area contributed by atoms with Crippen LogP contribution in [0.2, 0.25) is 5.02 Å². The van der Waals surface area contributed by atoms with Crippen LogP contribution in [-0.4, -0.2) is 16.9 Å². The molecule has 3 atom stereocenters. The van der Waals surface area contributed by atoms with E-state index in [0.717, 1.165) is 19.3 Å². The van der Waals surface area contributed by atoms with E-state index in [1.54, 1.807) is 0 Å². The number of carbonyl (C=O) groups excluding carboxylic acids is 1. The number of halogens is 1. The second-order valence-corrected chi connectivity index (χ2v) is 6.27. The number of nitro groups is 1. The van der Waals surface area contributed by atoms with Gasteiger partial charge < -0.3 is 5.32 Å². The van der Waals surface area contributed by atoms with Crippen LogP contribution < -0.4 is 5.32 Å². The Morgan fingerprint density at radius 1 is 1.33 bits per heavy atom. The number of amides is 1. The summed E-state index contributed by atoms with van der Waals surface area (Å²) in [6.07, 6.45) is 2.99. The molecule has 0 saturated heterocycles. The van der Waals surface area contributed by atoms with Gasteiger partial charge in [0.15, 0.2) is 0 Å². The van der Waals surface area contributed by atoms with E-state index in [4.69, 9.17) is 11.6 Å². The Hall–Kier alpha value is -1.62. The van der Waals surface area contributed by atoms with Crippen molar-refractivity contribution in [2.24, 2.45) is 11.8 Å². The lowest BCUT2D eigenvalue weighted by atomic mass is 9.79. The second-order valence-electron chi connectivity index (χ2n) is 5.86. The summed E-state index contributed by atoms with van der Waals surface area (Å²) in [5, 5.41) is 13.9. The van der Waals surface area contributed by atoms with Crippen LogP contribution in [0.4, 0.5) is 5.69 Å². The molecule has 1 saturated carbocycles. The van der Waals surface area contributed by atoms with Gasteiger partial charge in [0.1, 0.15) is 5.02 Å². The molecule has 0 bridgehead atoms. The Kier molecular flexibility index (Phi) is 4.83. The van der Waals surface area contributed by atoms with Crippen LogP contribution in [0.5, 0.6) is 0 Å². The van der Waals surface area contributed by atoms with E-state index in [-0.39, 0.29) is 28.2 Å². The SMILES string of the molecule is CC1CCC(NC(=O)c2ccc(Cl)c([N+](=O)[O-])c2)CC1C. The molecule has 1 fully saturated rings. The van der Waals surface area contributed by atoms with Gasteiger partial charge in [0, 0.05) is 17.7 Å². The Morgan fingerprint density at radius 3 is 2.67 bits per heavy atom. The molecule has 3 unspecified atom stereocenters. The number of hydrogen-bond donors (Lipinski definition) is 1. The van der Waals surface area contributed by atoms with Crippen LogP contribution in [0, 0.1) is 22.0 Å². The Labute approximate surface area is 128 Å². The minimum absolute atomic E-state index is 0.0386. The van der Waals surface area contributed by atoms with Crippen molar-refractivity contribution >= 4 is 23.2 Å². The molecular formula is C15H19ClN2O3. The lowest BCUT2D eigenvalue weighted by Gasteiger charge is -2.32. The topological polar surface area (TPSA) is 72.2 Å². The minimum atomic E-state index is -0.580. The largest absolute Gasteiger partial charge is 0.349 e. The number of nitrogens with one attached hydrogen (secondary N) is 1. The number of rotatable bonds is 3. The fourth-order valence-electron chi connectivity index (χ4n) is 2.74. The molecule has 0 radical (unpaired) electrons. The van der Waals surface area contributed by atoms with Crippen LogP contribution in [0.15, 0.2) is 18.2 Å². The fraction of sp³-hybridized carbons (Fsp3) is 0.533. The van der Waals surface area contributed by atoms with Crippen LogP contribution >= 0.6 is 11.6 Å². The van der Waals surface area contributed by atoms with Gasteiger partial charge in [-0.25, -0.2) is 0 Å². The van der Waals surface area contributed by atoms with Crippen LogP contribution in [0.25, 0.3) is 0 Å². The first-order valence-corrected chi connectivity index (χ1v) is 7.51. The number of hydrogen-bond acceptors (Lipinski definition) is 3. The highest BCUT2D eigenvalue weighted by atomic mass is 35.5.